The summed E-state index contributed by atoms with van der Waals surface area (Å²) in [6.45, 7) is 8.75. The summed E-state index contributed by atoms with van der Waals surface area (Å²) in [7, 11) is 0. The van der Waals surface area contributed by atoms with Crippen LogP contribution in [0.2, 0.25) is 0 Å². The van der Waals surface area contributed by atoms with Crippen molar-refractivity contribution in [3.8, 4) is 5.75 Å². The molecule has 4 rings (SSSR count). The lowest BCUT2D eigenvalue weighted by Crippen LogP contribution is -2.12. The number of unbranched alkanes of at least 4 members (excludes halogenated alkanes) is 1. The van der Waals surface area contributed by atoms with E-state index in [0.29, 0.717) is 18.1 Å². The third-order valence-corrected chi connectivity index (χ3v) is 5.31. The number of benzene rings is 2. The molecule has 0 saturated carbocycles. The minimum atomic E-state index is -0.273. The lowest BCUT2D eigenvalue weighted by molar-refractivity contribution is 0.0998. The number of amides is 1. The van der Waals surface area contributed by atoms with Gasteiger partial charge in [-0.25, -0.2) is 0 Å². The van der Waals surface area contributed by atoms with Gasteiger partial charge < -0.3 is 14.5 Å². The Morgan fingerprint density at radius 1 is 1.17 bits per heavy atom. The molecular formula is C25H26N2O3. The lowest BCUT2D eigenvalue weighted by Gasteiger charge is -2.12. The number of hydrogen-bond donors (Lipinski definition) is 1. The van der Waals surface area contributed by atoms with Crippen molar-refractivity contribution in [3.63, 3.8) is 0 Å². The molecule has 30 heavy (non-hydrogen) atoms. The molecule has 154 valence electrons. The molecule has 0 unspecified atom stereocenters. The second kappa shape index (κ2) is 8.19. The highest BCUT2D eigenvalue weighted by atomic mass is 16.5. The van der Waals surface area contributed by atoms with Gasteiger partial charge in [0.25, 0.3) is 5.91 Å². The van der Waals surface area contributed by atoms with Crippen molar-refractivity contribution < 1.29 is 13.9 Å². The summed E-state index contributed by atoms with van der Waals surface area (Å²) in [5.41, 5.74) is 5.21. The molecular weight excluding hydrogens is 376 g/mol. The summed E-state index contributed by atoms with van der Waals surface area (Å²) in [5.74, 6) is 0.785. The fraction of sp³-hybridized carbons (Fsp3) is 0.280. The van der Waals surface area contributed by atoms with Crippen LogP contribution in [0, 0.1) is 20.8 Å². The van der Waals surface area contributed by atoms with Gasteiger partial charge >= 0.3 is 0 Å². The highest BCUT2D eigenvalue weighted by molar-refractivity contribution is 6.10. The van der Waals surface area contributed by atoms with Crippen molar-refractivity contribution >= 4 is 33.5 Å². The Morgan fingerprint density at radius 3 is 2.80 bits per heavy atom. The molecule has 2 aromatic heterocycles. The second-order valence-corrected chi connectivity index (χ2v) is 7.68. The summed E-state index contributed by atoms with van der Waals surface area (Å²) < 4.78 is 11.8. The molecule has 5 heteroatoms. The maximum atomic E-state index is 13.1. The highest BCUT2D eigenvalue weighted by Crippen LogP contribution is 2.33. The molecule has 4 aromatic rings. The minimum Gasteiger partial charge on any atom is -0.491 e. The summed E-state index contributed by atoms with van der Waals surface area (Å²) >= 11 is 0. The normalized spacial score (nSPS) is 11.2. The van der Waals surface area contributed by atoms with E-state index in [1.165, 1.54) is 0 Å². The Balaban J connectivity index is 1.69. The second-order valence-electron chi connectivity index (χ2n) is 7.68. The number of anilines is 1. The van der Waals surface area contributed by atoms with Crippen LogP contribution in [0.5, 0.6) is 5.75 Å². The van der Waals surface area contributed by atoms with E-state index >= 15 is 0 Å². The first-order valence-corrected chi connectivity index (χ1v) is 10.3. The average molecular weight is 402 g/mol. The maximum Gasteiger partial charge on any atom is 0.291 e. The predicted molar refractivity (Wildman–Crippen MR) is 121 cm³/mol. The summed E-state index contributed by atoms with van der Waals surface area (Å²) in [5, 5.41) is 4.83. The number of rotatable bonds is 6. The summed E-state index contributed by atoms with van der Waals surface area (Å²) in [4.78, 5) is 17.6. The van der Waals surface area contributed by atoms with Gasteiger partial charge in [-0.05, 0) is 68.7 Å². The van der Waals surface area contributed by atoms with Crippen LogP contribution in [-0.4, -0.2) is 17.5 Å². The Morgan fingerprint density at radius 2 is 2.00 bits per heavy atom. The van der Waals surface area contributed by atoms with E-state index in [4.69, 9.17) is 9.15 Å². The van der Waals surface area contributed by atoms with Gasteiger partial charge in [-0.3, -0.25) is 9.78 Å². The zero-order chi connectivity index (χ0) is 21.3. The molecule has 1 amide bonds. The van der Waals surface area contributed by atoms with E-state index in [2.05, 4.69) is 23.3 Å². The van der Waals surface area contributed by atoms with Gasteiger partial charge in [0.1, 0.15) is 16.8 Å². The molecule has 0 saturated heterocycles. The molecule has 2 heterocycles. The van der Waals surface area contributed by atoms with E-state index in [1.54, 1.807) is 6.20 Å². The van der Waals surface area contributed by atoms with Crippen LogP contribution in [0.4, 0.5) is 5.69 Å². The molecule has 0 aliphatic carbocycles. The molecule has 0 aliphatic heterocycles. The van der Waals surface area contributed by atoms with Crippen LogP contribution in [-0.2, 0) is 0 Å². The van der Waals surface area contributed by atoms with Crippen molar-refractivity contribution in [2.45, 2.75) is 40.5 Å². The molecule has 0 atom stereocenters. The number of aromatic nitrogens is 1. The maximum absolute atomic E-state index is 13.1. The fourth-order valence-electron chi connectivity index (χ4n) is 3.88. The van der Waals surface area contributed by atoms with Gasteiger partial charge in [0.2, 0.25) is 0 Å². The summed E-state index contributed by atoms with van der Waals surface area (Å²) in [6, 6.07) is 11.6. The molecule has 2 aromatic carbocycles. The van der Waals surface area contributed by atoms with Gasteiger partial charge in [-0.2, -0.15) is 0 Å². The van der Waals surface area contributed by atoms with Gasteiger partial charge in [0.05, 0.1) is 12.3 Å². The van der Waals surface area contributed by atoms with Gasteiger partial charge in [-0.1, -0.05) is 19.4 Å². The number of fused-ring (bicyclic) bond motifs is 2. The van der Waals surface area contributed by atoms with Crippen LogP contribution in [0.25, 0.3) is 21.9 Å². The van der Waals surface area contributed by atoms with Gasteiger partial charge in [0.15, 0.2) is 5.76 Å². The Labute approximate surface area is 176 Å². The van der Waals surface area contributed by atoms with Crippen molar-refractivity contribution in [2.24, 2.45) is 0 Å². The highest BCUT2D eigenvalue weighted by Gasteiger charge is 2.20. The fourth-order valence-corrected chi connectivity index (χ4v) is 3.88. The first-order valence-electron chi connectivity index (χ1n) is 10.3. The van der Waals surface area contributed by atoms with Crippen LogP contribution >= 0.6 is 0 Å². The summed E-state index contributed by atoms with van der Waals surface area (Å²) in [6.07, 6.45) is 3.78. The standard InChI is InChI=1S/C25H26N2O3/c1-5-6-12-29-20-10-9-19(18-8-7-11-26-23(18)20)27-25(28)24-17(4)22-16(3)13-15(2)14-21(22)30-24/h7-11,13-14H,5-6,12H2,1-4H3,(H,27,28). The number of pyridine rings is 1. The van der Waals surface area contributed by atoms with Gasteiger partial charge in [-0.15, -0.1) is 0 Å². The Kier molecular flexibility index (Phi) is 5.44. The van der Waals surface area contributed by atoms with E-state index in [9.17, 15) is 4.79 Å². The molecule has 0 fully saturated rings. The average Bonchev–Trinajstić information content (AvgIpc) is 3.06. The van der Waals surface area contributed by atoms with Crippen molar-refractivity contribution in [2.75, 3.05) is 11.9 Å². The van der Waals surface area contributed by atoms with Crippen molar-refractivity contribution in [1.29, 1.82) is 0 Å². The predicted octanol–water partition coefficient (Wildman–Crippen LogP) is 6.34. The minimum absolute atomic E-state index is 0.273. The first-order chi connectivity index (χ1) is 14.5. The van der Waals surface area contributed by atoms with Crippen molar-refractivity contribution in [3.05, 3.63) is 65.0 Å². The third kappa shape index (κ3) is 3.63. The number of carbonyl (C=O) groups is 1. The van der Waals surface area contributed by atoms with E-state index in [1.807, 2.05) is 51.1 Å². The zero-order valence-corrected chi connectivity index (χ0v) is 17.8. The number of aryl methyl sites for hydroxylation is 3. The third-order valence-electron chi connectivity index (χ3n) is 5.31. The number of ether oxygens (including phenoxy) is 1. The monoisotopic (exact) mass is 402 g/mol. The van der Waals surface area contributed by atoms with Crippen LogP contribution in [0.15, 0.2) is 47.0 Å². The Hall–Kier alpha value is -3.34. The molecule has 0 radical (unpaired) electrons. The van der Waals surface area contributed by atoms with Crippen molar-refractivity contribution in [1.82, 2.24) is 4.98 Å². The molecule has 1 N–H and O–H groups in total. The quantitative estimate of drug-likeness (QED) is 0.382. The SMILES string of the molecule is CCCCOc1ccc(NC(=O)c2oc3cc(C)cc(C)c3c2C)c2cccnc12. The topological polar surface area (TPSA) is 64.4 Å². The largest absolute Gasteiger partial charge is 0.491 e. The molecule has 0 spiro atoms. The van der Waals surface area contributed by atoms with Crippen LogP contribution in [0.3, 0.4) is 0 Å². The van der Waals surface area contributed by atoms with E-state index in [-0.39, 0.29) is 5.91 Å². The molecule has 0 aliphatic rings. The Bertz CT molecular complexity index is 1240. The number of furan rings is 1. The number of nitrogens with one attached hydrogen (secondary N) is 1. The van der Waals surface area contributed by atoms with E-state index in [0.717, 1.165) is 57.2 Å². The number of carbonyl (C=O) groups excluding carboxylic acids is 1. The first kappa shape index (κ1) is 20.0. The molecule has 0 bridgehead atoms. The zero-order valence-electron chi connectivity index (χ0n) is 17.8. The number of hydrogen-bond acceptors (Lipinski definition) is 4. The lowest BCUT2D eigenvalue weighted by atomic mass is 10.0. The number of nitrogens with zero attached hydrogens (tertiary/aromatic N) is 1. The van der Waals surface area contributed by atoms with E-state index < -0.39 is 0 Å². The van der Waals surface area contributed by atoms with Gasteiger partial charge in [0, 0.05) is 22.5 Å². The van der Waals surface area contributed by atoms with Crippen LogP contribution < -0.4 is 10.1 Å². The molecule has 5 nitrogen and oxygen atoms in total. The smallest absolute Gasteiger partial charge is 0.291 e. The van der Waals surface area contributed by atoms with Crippen LogP contribution in [0.1, 0.15) is 47.0 Å².